The van der Waals surface area contributed by atoms with Gasteiger partial charge in [-0.3, -0.25) is 4.79 Å². The van der Waals surface area contributed by atoms with E-state index in [-0.39, 0.29) is 23.5 Å². The number of rotatable bonds is 5. The second-order valence-corrected chi connectivity index (χ2v) is 7.74. The summed E-state index contributed by atoms with van der Waals surface area (Å²) in [5, 5.41) is 10.5. The van der Waals surface area contributed by atoms with Crippen molar-refractivity contribution in [3.63, 3.8) is 0 Å². The molecule has 0 radical (unpaired) electrons. The van der Waals surface area contributed by atoms with Crippen LogP contribution in [0.5, 0.6) is 0 Å². The molecule has 0 unspecified atom stereocenters. The molecule has 0 aromatic rings. The van der Waals surface area contributed by atoms with Gasteiger partial charge in [-0.05, 0) is 51.9 Å². The minimum Gasteiger partial charge on any atom is -0.382 e. The second-order valence-electron chi connectivity index (χ2n) is 7.74. The summed E-state index contributed by atoms with van der Waals surface area (Å²) in [6.45, 7) is 14.4. The van der Waals surface area contributed by atoms with Gasteiger partial charge < -0.3 is 5.11 Å². The quantitative estimate of drug-likeness (QED) is 0.761. The highest BCUT2D eigenvalue weighted by Gasteiger charge is 2.55. The number of carbonyl (C=O) groups is 1. The molecule has 22 heavy (non-hydrogen) atoms. The fourth-order valence-electron chi connectivity index (χ4n) is 3.95. The first-order valence-electron chi connectivity index (χ1n) is 8.45. The number of Topliss-reactive ketones (excluding diaryl/α,β-unsaturated/α-hetero) is 1. The fourth-order valence-corrected chi connectivity index (χ4v) is 3.95. The van der Waals surface area contributed by atoms with Gasteiger partial charge >= 0.3 is 0 Å². The summed E-state index contributed by atoms with van der Waals surface area (Å²) in [5.41, 5.74) is 2.50. The third kappa shape index (κ3) is 2.99. The molecule has 3 aliphatic rings. The zero-order valence-corrected chi connectivity index (χ0v) is 14.6. The van der Waals surface area contributed by atoms with Gasteiger partial charge in [-0.15, -0.1) is 0 Å². The van der Waals surface area contributed by atoms with E-state index in [4.69, 9.17) is 0 Å². The Morgan fingerprint density at radius 1 is 1.50 bits per heavy atom. The lowest BCUT2D eigenvalue weighted by molar-refractivity contribution is -0.152. The number of hydrogen-bond donors (Lipinski definition) is 1. The van der Waals surface area contributed by atoms with Crippen molar-refractivity contribution in [1.29, 1.82) is 0 Å². The molecule has 3 aliphatic carbocycles. The summed E-state index contributed by atoms with van der Waals surface area (Å²) in [6, 6.07) is 0. The molecule has 0 spiro atoms. The molecule has 1 saturated carbocycles. The first-order chi connectivity index (χ1) is 10.2. The Labute approximate surface area is 135 Å². The minimum atomic E-state index is -1.19. The maximum atomic E-state index is 12.8. The van der Waals surface area contributed by atoms with Gasteiger partial charge in [0.25, 0.3) is 0 Å². The maximum absolute atomic E-state index is 12.8. The Morgan fingerprint density at radius 3 is 2.64 bits per heavy atom. The van der Waals surface area contributed by atoms with Gasteiger partial charge in [-0.1, -0.05) is 49.3 Å². The average Bonchev–Trinajstić information content (AvgIpc) is 2.42. The van der Waals surface area contributed by atoms with Crippen molar-refractivity contribution in [1.82, 2.24) is 0 Å². The van der Waals surface area contributed by atoms with Crippen molar-refractivity contribution in [2.24, 2.45) is 23.7 Å². The maximum Gasteiger partial charge on any atom is 0.172 e. The standard InChI is InChI=1S/C20H30O2/c1-12(2)8-7-9-14(5)17-11-15-10-16(13(3)4)18(17)19(21)20(15,6)22/h8,10,13,15,17-18,22H,5,7,9,11H2,1-4,6H3/t15-,17-,18+,20+/m1/s1. The van der Waals surface area contributed by atoms with Crippen LogP contribution in [-0.2, 0) is 4.79 Å². The highest BCUT2D eigenvalue weighted by Crippen LogP contribution is 2.51. The van der Waals surface area contributed by atoms with Crippen molar-refractivity contribution in [3.8, 4) is 0 Å². The molecule has 1 fully saturated rings. The number of hydrogen-bond acceptors (Lipinski definition) is 2. The van der Waals surface area contributed by atoms with Gasteiger partial charge in [0, 0.05) is 11.8 Å². The first-order valence-corrected chi connectivity index (χ1v) is 8.45. The molecule has 1 N–H and O–H groups in total. The predicted octanol–water partition coefficient (Wildman–Crippen LogP) is 4.46. The van der Waals surface area contributed by atoms with Crippen LogP contribution in [0.3, 0.4) is 0 Å². The monoisotopic (exact) mass is 302 g/mol. The molecule has 4 atom stereocenters. The Balaban J connectivity index is 2.22. The van der Waals surface area contributed by atoms with Gasteiger partial charge in [0.1, 0.15) is 5.60 Å². The van der Waals surface area contributed by atoms with E-state index in [9.17, 15) is 9.90 Å². The Bertz CT molecular complexity index is 530. The zero-order chi connectivity index (χ0) is 16.7. The van der Waals surface area contributed by atoms with Crippen LogP contribution in [-0.4, -0.2) is 16.5 Å². The largest absolute Gasteiger partial charge is 0.382 e. The van der Waals surface area contributed by atoms with Gasteiger partial charge in [0.15, 0.2) is 5.78 Å². The molecule has 0 aliphatic heterocycles. The summed E-state index contributed by atoms with van der Waals surface area (Å²) in [4.78, 5) is 12.8. The van der Waals surface area contributed by atoms with E-state index in [0.717, 1.165) is 19.3 Å². The third-order valence-corrected chi connectivity index (χ3v) is 5.38. The lowest BCUT2D eigenvalue weighted by Crippen LogP contribution is -2.57. The minimum absolute atomic E-state index is 0.00307. The smallest absolute Gasteiger partial charge is 0.172 e. The van der Waals surface area contributed by atoms with Crippen molar-refractivity contribution in [2.75, 3.05) is 0 Å². The van der Waals surface area contributed by atoms with Crippen LogP contribution >= 0.6 is 0 Å². The number of aliphatic hydroxyl groups is 1. The number of fused-ring (bicyclic) bond motifs is 2. The molecule has 0 amide bonds. The van der Waals surface area contributed by atoms with Crippen LogP contribution in [0.4, 0.5) is 0 Å². The van der Waals surface area contributed by atoms with Gasteiger partial charge in [-0.2, -0.15) is 0 Å². The Morgan fingerprint density at radius 2 is 2.14 bits per heavy atom. The fraction of sp³-hybridized carbons (Fsp3) is 0.650. The highest BCUT2D eigenvalue weighted by atomic mass is 16.3. The van der Waals surface area contributed by atoms with E-state index < -0.39 is 5.60 Å². The molecule has 2 heteroatoms. The average molecular weight is 302 g/mol. The zero-order valence-electron chi connectivity index (χ0n) is 14.6. The van der Waals surface area contributed by atoms with E-state index in [2.05, 4.69) is 46.4 Å². The van der Waals surface area contributed by atoms with Crippen LogP contribution in [0.2, 0.25) is 0 Å². The van der Waals surface area contributed by atoms with Crippen LogP contribution in [0.25, 0.3) is 0 Å². The van der Waals surface area contributed by atoms with E-state index in [0.29, 0.717) is 5.92 Å². The summed E-state index contributed by atoms with van der Waals surface area (Å²) >= 11 is 0. The summed E-state index contributed by atoms with van der Waals surface area (Å²) in [6.07, 6.45) is 7.16. The lowest BCUT2D eigenvalue weighted by atomic mass is 9.55. The van der Waals surface area contributed by atoms with Crippen molar-refractivity contribution < 1.29 is 9.90 Å². The van der Waals surface area contributed by atoms with Crippen molar-refractivity contribution in [3.05, 3.63) is 35.5 Å². The number of carbonyl (C=O) groups excluding carboxylic acids is 1. The molecule has 2 nitrogen and oxygen atoms in total. The van der Waals surface area contributed by atoms with Crippen LogP contribution < -0.4 is 0 Å². The molecule has 0 aromatic carbocycles. The predicted molar refractivity (Wildman–Crippen MR) is 91.4 cm³/mol. The third-order valence-electron chi connectivity index (χ3n) is 5.38. The normalized spacial score (nSPS) is 33.9. The lowest BCUT2D eigenvalue weighted by Gasteiger charge is -2.50. The molecule has 2 bridgehead atoms. The molecule has 122 valence electrons. The highest BCUT2D eigenvalue weighted by molar-refractivity contribution is 5.94. The number of ketones is 1. The van der Waals surface area contributed by atoms with Crippen molar-refractivity contribution in [2.45, 2.75) is 59.5 Å². The van der Waals surface area contributed by atoms with Gasteiger partial charge in [-0.25, -0.2) is 0 Å². The van der Waals surface area contributed by atoms with E-state index in [1.807, 2.05) is 0 Å². The first kappa shape index (κ1) is 17.2. The van der Waals surface area contributed by atoms with Gasteiger partial charge in [0.05, 0.1) is 0 Å². The summed E-state index contributed by atoms with van der Waals surface area (Å²) in [5.74, 6) is 0.321. The molecular weight excluding hydrogens is 272 g/mol. The van der Waals surface area contributed by atoms with E-state index >= 15 is 0 Å². The molecule has 3 rings (SSSR count). The van der Waals surface area contributed by atoms with Crippen molar-refractivity contribution >= 4 is 5.78 Å². The van der Waals surface area contributed by atoms with Crippen LogP contribution in [0, 0.1) is 23.7 Å². The SMILES string of the molecule is C=C(CCC=C(C)C)[C@H]1C[C@H]2C=C(C(C)C)[C@@H]1C(=O)[C@@]2(C)O. The van der Waals surface area contributed by atoms with E-state index in [1.54, 1.807) is 6.92 Å². The van der Waals surface area contributed by atoms with Crippen LogP contribution in [0.15, 0.2) is 35.5 Å². The van der Waals surface area contributed by atoms with Gasteiger partial charge in [0.2, 0.25) is 0 Å². The molecular formula is C20H30O2. The molecule has 0 aromatic heterocycles. The van der Waals surface area contributed by atoms with E-state index in [1.165, 1.54) is 16.7 Å². The Hall–Kier alpha value is -1.15. The topological polar surface area (TPSA) is 37.3 Å². The number of allylic oxidation sites excluding steroid dienone is 4. The molecule has 0 saturated heterocycles. The summed E-state index contributed by atoms with van der Waals surface area (Å²) < 4.78 is 0. The molecule has 0 heterocycles. The van der Waals surface area contributed by atoms with Crippen LogP contribution in [0.1, 0.15) is 53.9 Å². The second kappa shape index (κ2) is 6.16. The Kier molecular flexibility index (Phi) is 4.81. The summed E-state index contributed by atoms with van der Waals surface area (Å²) in [7, 11) is 0.